The molecule has 4 aromatic rings. The van der Waals surface area contributed by atoms with Crippen LogP contribution in [0.2, 0.25) is 0 Å². The topological polar surface area (TPSA) is 62.2 Å². The van der Waals surface area contributed by atoms with Crippen molar-refractivity contribution in [2.75, 3.05) is 34.5 Å². The molecule has 0 N–H and O–H groups in total. The quantitative estimate of drug-likeness (QED) is 0.329. The molecule has 0 radical (unpaired) electrons. The number of rotatable bonds is 8. The molecule has 0 fully saturated rings. The van der Waals surface area contributed by atoms with Crippen molar-refractivity contribution in [3.05, 3.63) is 102 Å². The van der Waals surface area contributed by atoms with E-state index in [-0.39, 0.29) is 11.9 Å². The lowest BCUT2D eigenvalue weighted by atomic mass is 9.91. The molecule has 1 unspecified atom stereocenters. The van der Waals surface area contributed by atoms with Gasteiger partial charge < -0.3 is 28.4 Å². The number of methoxy groups -OCH3 is 3. The van der Waals surface area contributed by atoms with E-state index in [0.717, 1.165) is 22.6 Å². The summed E-state index contributed by atoms with van der Waals surface area (Å²) in [5.41, 5.74) is 3.75. The number of benzene rings is 3. The minimum atomic E-state index is -0.303. The molecule has 1 amide bonds. The maximum Gasteiger partial charge on any atom is 0.254 e. The van der Waals surface area contributed by atoms with Gasteiger partial charge in [-0.15, -0.1) is 0 Å². The molecule has 37 heavy (non-hydrogen) atoms. The Labute approximate surface area is 216 Å². The van der Waals surface area contributed by atoms with Crippen molar-refractivity contribution in [1.82, 2.24) is 9.47 Å². The summed E-state index contributed by atoms with van der Waals surface area (Å²) in [6, 6.07) is 22.7. The summed E-state index contributed by atoms with van der Waals surface area (Å²) >= 11 is 0. The van der Waals surface area contributed by atoms with Crippen LogP contribution in [-0.2, 0) is 6.42 Å². The zero-order chi connectivity index (χ0) is 25.8. The van der Waals surface area contributed by atoms with Gasteiger partial charge in [0.1, 0.15) is 18.1 Å². The highest BCUT2D eigenvalue weighted by molar-refractivity contribution is 5.95. The van der Waals surface area contributed by atoms with Crippen molar-refractivity contribution in [2.45, 2.75) is 12.5 Å². The van der Waals surface area contributed by atoms with Crippen molar-refractivity contribution in [3.63, 3.8) is 0 Å². The van der Waals surface area contributed by atoms with Gasteiger partial charge in [-0.25, -0.2) is 0 Å². The zero-order valence-electron chi connectivity index (χ0n) is 21.2. The van der Waals surface area contributed by atoms with Crippen LogP contribution in [0.3, 0.4) is 0 Å². The molecule has 190 valence electrons. The van der Waals surface area contributed by atoms with Crippen molar-refractivity contribution < 1.29 is 23.7 Å². The minimum absolute atomic E-state index is 0.0391. The summed E-state index contributed by atoms with van der Waals surface area (Å²) in [4.78, 5) is 15.7. The fourth-order valence-corrected chi connectivity index (χ4v) is 4.75. The monoisotopic (exact) mass is 498 g/mol. The fourth-order valence-electron chi connectivity index (χ4n) is 4.75. The Hall–Kier alpha value is -4.39. The average molecular weight is 499 g/mol. The number of carbonyl (C=O) groups is 1. The number of ether oxygens (including phenoxy) is 4. The number of fused-ring (bicyclic) bond motifs is 1. The highest BCUT2D eigenvalue weighted by Gasteiger charge is 2.33. The van der Waals surface area contributed by atoms with Gasteiger partial charge in [-0.2, -0.15) is 0 Å². The van der Waals surface area contributed by atoms with Gasteiger partial charge in [0.2, 0.25) is 0 Å². The van der Waals surface area contributed by atoms with Crippen LogP contribution >= 0.6 is 0 Å². The van der Waals surface area contributed by atoms with Gasteiger partial charge in [0.05, 0.1) is 27.4 Å². The number of nitrogens with zero attached hydrogens (tertiary/aromatic N) is 2. The first-order chi connectivity index (χ1) is 18.1. The molecule has 0 saturated heterocycles. The van der Waals surface area contributed by atoms with Crippen LogP contribution < -0.4 is 18.9 Å². The third-order valence-electron chi connectivity index (χ3n) is 6.75. The molecule has 7 heteroatoms. The molecule has 7 nitrogen and oxygen atoms in total. The molecule has 1 aliphatic heterocycles. The van der Waals surface area contributed by atoms with Crippen molar-refractivity contribution in [2.24, 2.45) is 0 Å². The van der Waals surface area contributed by atoms with Crippen LogP contribution in [0.1, 0.15) is 27.5 Å². The van der Waals surface area contributed by atoms with Gasteiger partial charge in [0.15, 0.2) is 11.5 Å². The van der Waals surface area contributed by atoms with E-state index in [1.807, 2.05) is 94.7 Å². The largest absolute Gasteiger partial charge is 0.497 e. The summed E-state index contributed by atoms with van der Waals surface area (Å²) in [6.07, 6.45) is 4.67. The number of hydrogen-bond donors (Lipinski definition) is 0. The Kier molecular flexibility index (Phi) is 7.03. The van der Waals surface area contributed by atoms with E-state index in [1.165, 1.54) is 0 Å². The Morgan fingerprint density at radius 1 is 0.838 bits per heavy atom. The highest BCUT2D eigenvalue weighted by Crippen LogP contribution is 2.39. The van der Waals surface area contributed by atoms with Gasteiger partial charge in [-0.1, -0.05) is 0 Å². The first-order valence-electron chi connectivity index (χ1n) is 12.2. The van der Waals surface area contributed by atoms with E-state index < -0.39 is 0 Å². The van der Waals surface area contributed by atoms with Crippen molar-refractivity contribution in [3.8, 4) is 28.7 Å². The minimum Gasteiger partial charge on any atom is -0.497 e. The standard InChI is InChI=1S/C30H30N2O5/c1-34-24-10-12-25(13-11-24)37-20-27-26-19-29(36-3)28(35-2)18-22(26)14-17-32(27)30(33)21-6-8-23(9-7-21)31-15-4-5-16-31/h4-13,15-16,18-19,27H,14,17,20H2,1-3H3. The lowest BCUT2D eigenvalue weighted by Crippen LogP contribution is -2.42. The summed E-state index contributed by atoms with van der Waals surface area (Å²) in [7, 11) is 4.88. The predicted octanol–water partition coefficient (Wildman–Crippen LogP) is 5.32. The van der Waals surface area contributed by atoms with Crippen molar-refractivity contribution >= 4 is 5.91 Å². The Morgan fingerprint density at radius 3 is 2.14 bits per heavy atom. The molecule has 2 heterocycles. The smallest absolute Gasteiger partial charge is 0.254 e. The van der Waals surface area contributed by atoms with Gasteiger partial charge in [-0.3, -0.25) is 4.79 Å². The van der Waals surface area contributed by atoms with E-state index in [1.54, 1.807) is 21.3 Å². The van der Waals surface area contributed by atoms with Crippen LogP contribution in [0.25, 0.3) is 5.69 Å². The number of carbonyl (C=O) groups excluding carboxylic acids is 1. The summed E-state index contributed by atoms with van der Waals surface area (Å²) in [6.45, 7) is 0.860. The van der Waals surface area contributed by atoms with E-state index in [0.29, 0.717) is 42.4 Å². The molecular formula is C30H30N2O5. The molecule has 1 aromatic heterocycles. The molecule has 1 atom stereocenters. The molecular weight excluding hydrogens is 468 g/mol. The second-order valence-corrected chi connectivity index (χ2v) is 8.79. The van der Waals surface area contributed by atoms with Crippen LogP contribution in [0.15, 0.2) is 85.2 Å². The first kappa shape index (κ1) is 24.3. The molecule has 0 bridgehead atoms. The van der Waals surface area contributed by atoms with Crippen molar-refractivity contribution in [1.29, 1.82) is 0 Å². The first-order valence-corrected chi connectivity index (χ1v) is 12.2. The molecule has 3 aromatic carbocycles. The second kappa shape index (κ2) is 10.7. The fraction of sp³-hybridized carbons (Fsp3) is 0.233. The molecule has 0 aliphatic carbocycles. The number of hydrogen-bond acceptors (Lipinski definition) is 5. The lowest BCUT2D eigenvalue weighted by molar-refractivity contribution is 0.0589. The van der Waals surface area contributed by atoms with Crippen LogP contribution in [0.5, 0.6) is 23.0 Å². The normalized spacial score (nSPS) is 14.6. The Balaban J connectivity index is 1.45. The van der Waals surface area contributed by atoms with E-state index in [2.05, 4.69) is 0 Å². The molecule has 5 rings (SSSR count). The van der Waals surface area contributed by atoms with E-state index in [9.17, 15) is 4.79 Å². The third-order valence-corrected chi connectivity index (χ3v) is 6.75. The van der Waals surface area contributed by atoms with Crippen LogP contribution in [0, 0.1) is 0 Å². The highest BCUT2D eigenvalue weighted by atomic mass is 16.5. The Bertz CT molecular complexity index is 1350. The maximum atomic E-state index is 13.8. The van der Waals surface area contributed by atoms with Gasteiger partial charge in [0.25, 0.3) is 5.91 Å². The maximum absolute atomic E-state index is 13.8. The summed E-state index contributed by atoms with van der Waals surface area (Å²) in [5.74, 6) is 2.73. The predicted molar refractivity (Wildman–Crippen MR) is 141 cm³/mol. The third kappa shape index (κ3) is 4.98. The second-order valence-electron chi connectivity index (χ2n) is 8.79. The zero-order valence-corrected chi connectivity index (χ0v) is 21.2. The van der Waals surface area contributed by atoms with E-state index in [4.69, 9.17) is 18.9 Å². The number of amides is 1. The molecule has 1 aliphatic rings. The summed E-state index contributed by atoms with van der Waals surface area (Å²) in [5, 5.41) is 0. The van der Waals surface area contributed by atoms with Crippen LogP contribution in [0.4, 0.5) is 0 Å². The molecule has 0 saturated carbocycles. The van der Waals surface area contributed by atoms with Gasteiger partial charge in [-0.05, 0) is 90.3 Å². The average Bonchev–Trinajstić information content (AvgIpc) is 3.50. The summed E-state index contributed by atoms with van der Waals surface area (Å²) < 4.78 is 24.6. The lowest BCUT2D eigenvalue weighted by Gasteiger charge is -2.37. The Morgan fingerprint density at radius 2 is 1.49 bits per heavy atom. The van der Waals surface area contributed by atoms with Gasteiger partial charge in [0, 0.05) is 30.2 Å². The van der Waals surface area contributed by atoms with Gasteiger partial charge >= 0.3 is 0 Å². The SMILES string of the molecule is COc1ccc(OCC2c3cc(OC)c(OC)cc3CCN2C(=O)c2ccc(-n3cccc3)cc2)cc1. The number of aromatic nitrogens is 1. The van der Waals surface area contributed by atoms with E-state index >= 15 is 0 Å². The molecule has 0 spiro atoms. The van der Waals surface area contributed by atoms with Crippen LogP contribution in [-0.4, -0.2) is 49.9 Å².